The maximum absolute atomic E-state index is 11.8. The first-order valence-electron chi connectivity index (χ1n) is 4.19. The Kier molecular flexibility index (Phi) is 4.02. The molecule has 0 radical (unpaired) electrons. The number of hydrogen-bond donors (Lipinski definition) is 0. The van der Waals surface area contributed by atoms with Crippen molar-refractivity contribution in [2.24, 2.45) is 0 Å². The van der Waals surface area contributed by atoms with Gasteiger partial charge in [-0.3, -0.25) is 4.79 Å². The van der Waals surface area contributed by atoms with E-state index in [4.69, 9.17) is 29.6 Å². The molecule has 0 aliphatic rings. The Morgan fingerprint density at radius 1 is 1.40 bits per heavy atom. The average Bonchev–Trinajstić information content (AvgIpc) is 2.15. The van der Waals surface area contributed by atoms with E-state index in [0.29, 0.717) is 15.6 Å². The first kappa shape index (κ1) is 11.9. The Hall–Kier alpha value is -1.17. The maximum Gasteiger partial charge on any atom is 0.254 e. The summed E-state index contributed by atoms with van der Waals surface area (Å²) in [4.78, 5) is 13.2. The lowest BCUT2D eigenvalue weighted by Gasteiger charge is -2.13. The van der Waals surface area contributed by atoms with Gasteiger partial charge in [0.2, 0.25) is 0 Å². The van der Waals surface area contributed by atoms with Crippen molar-refractivity contribution in [2.75, 3.05) is 13.6 Å². The molecule has 0 unspecified atom stereocenters. The van der Waals surface area contributed by atoms with E-state index in [9.17, 15) is 4.79 Å². The molecule has 0 bridgehead atoms. The minimum Gasteiger partial charge on any atom is -0.331 e. The van der Waals surface area contributed by atoms with E-state index in [1.54, 1.807) is 25.2 Å². The van der Waals surface area contributed by atoms with Crippen molar-refractivity contribution in [1.29, 1.82) is 0 Å². The fraction of sp³-hybridized carbons (Fsp3) is 0.182. The maximum atomic E-state index is 11.8. The smallest absolute Gasteiger partial charge is 0.254 e. The van der Waals surface area contributed by atoms with Crippen molar-refractivity contribution in [3.05, 3.63) is 33.8 Å². The molecule has 1 aromatic carbocycles. The fourth-order valence-corrected chi connectivity index (χ4v) is 1.63. The van der Waals surface area contributed by atoms with Crippen molar-refractivity contribution < 1.29 is 4.79 Å². The molecule has 0 fully saturated rings. The topological polar surface area (TPSA) is 20.3 Å². The molecule has 78 valence electrons. The second kappa shape index (κ2) is 5.06. The number of terminal acetylenes is 1. The highest BCUT2D eigenvalue weighted by molar-refractivity contribution is 6.35. The van der Waals surface area contributed by atoms with Crippen LogP contribution in [0.1, 0.15) is 10.4 Å². The molecule has 1 aromatic rings. The Labute approximate surface area is 98.8 Å². The van der Waals surface area contributed by atoms with Gasteiger partial charge >= 0.3 is 0 Å². The molecule has 0 spiro atoms. The number of halogens is 2. The lowest BCUT2D eigenvalue weighted by molar-refractivity contribution is 0.0812. The fourth-order valence-electron chi connectivity index (χ4n) is 1.11. The summed E-state index contributed by atoms with van der Waals surface area (Å²) in [5.41, 5.74) is 0.435. The summed E-state index contributed by atoms with van der Waals surface area (Å²) < 4.78 is 0. The second-order valence-electron chi connectivity index (χ2n) is 3.02. The molecule has 0 atom stereocenters. The van der Waals surface area contributed by atoms with Crippen LogP contribution in [0.5, 0.6) is 0 Å². The van der Waals surface area contributed by atoms with Gasteiger partial charge < -0.3 is 4.90 Å². The van der Waals surface area contributed by atoms with Crippen LogP contribution >= 0.6 is 23.2 Å². The first-order chi connectivity index (χ1) is 7.04. The Morgan fingerprint density at radius 2 is 1.93 bits per heavy atom. The zero-order valence-electron chi connectivity index (χ0n) is 8.13. The van der Waals surface area contributed by atoms with Crippen LogP contribution < -0.4 is 0 Å². The van der Waals surface area contributed by atoms with Gasteiger partial charge in [0.15, 0.2) is 0 Å². The highest BCUT2D eigenvalue weighted by Gasteiger charge is 2.11. The SMILES string of the molecule is C#CCN(C)C(=O)c1cc(Cl)cc(Cl)c1. The van der Waals surface area contributed by atoms with Gasteiger partial charge in [-0.2, -0.15) is 0 Å². The summed E-state index contributed by atoms with van der Waals surface area (Å²) in [6.07, 6.45) is 5.11. The van der Waals surface area contributed by atoms with Crippen LogP contribution in [0.4, 0.5) is 0 Å². The molecular formula is C11H9Cl2NO. The number of carbonyl (C=O) groups excluding carboxylic acids is 1. The molecule has 1 amide bonds. The summed E-state index contributed by atoms with van der Waals surface area (Å²) in [7, 11) is 1.62. The number of amides is 1. The average molecular weight is 242 g/mol. The summed E-state index contributed by atoms with van der Waals surface area (Å²) in [6, 6.07) is 4.69. The molecule has 1 rings (SSSR count). The Balaban J connectivity index is 2.97. The van der Waals surface area contributed by atoms with Gasteiger partial charge in [0.25, 0.3) is 5.91 Å². The molecular weight excluding hydrogens is 233 g/mol. The van der Waals surface area contributed by atoms with Crippen molar-refractivity contribution in [3.63, 3.8) is 0 Å². The summed E-state index contributed by atoms with van der Waals surface area (Å²) in [6.45, 7) is 0.253. The van der Waals surface area contributed by atoms with Crippen LogP contribution in [-0.4, -0.2) is 24.4 Å². The summed E-state index contributed by atoms with van der Waals surface area (Å²) in [5.74, 6) is 2.19. The van der Waals surface area contributed by atoms with Gasteiger partial charge in [-0.05, 0) is 18.2 Å². The minimum absolute atomic E-state index is 0.197. The van der Waals surface area contributed by atoms with E-state index in [2.05, 4.69) is 5.92 Å². The number of rotatable bonds is 2. The summed E-state index contributed by atoms with van der Waals surface area (Å²) in [5, 5.41) is 0.861. The van der Waals surface area contributed by atoms with Crippen LogP contribution in [0.15, 0.2) is 18.2 Å². The van der Waals surface area contributed by atoms with Crippen LogP contribution in [-0.2, 0) is 0 Å². The highest BCUT2D eigenvalue weighted by atomic mass is 35.5. The molecule has 0 aliphatic heterocycles. The van der Waals surface area contributed by atoms with Crippen LogP contribution in [0, 0.1) is 12.3 Å². The third kappa shape index (κ3) is 3.16. The first-order valence-corrected chi connectivity index (χ1v) is 4.95. The molecule has 15 heavy (non-hydrogen) atoms. The summed E-state index contributed by atoms with van der Waals surface area (Å²) >= 11 is 11.6. The number of nitrogens with zero attached hydrogens (tertiary/aromatic N) is 1. The Morgan fingerprint density at radius 3 is 2.40 bits per heavy atom. The predicted octanol–water partition coefficient (Wildman–Crippen LogP) is 2.70. The quantitative estimate of drug-likeness (QED) is 0.730. The number of hydrogen-bond acceptors (Lipinski definition) is 1. The third-order valence-electron chi connectivity index (χ3n) is 1.78. The Bertz CT molecular complexity index is 403. The standard InChI is InChI=1S/C11H9Cl2NO/c1-3-4-14(2)11(15)8-5-9(12)7-10(13)6-8/h1,5-7H,4H2,2H3. The van der Waals surface area contributed by atoms with Gasteiger partial charge in [0.05, 0.1) is 6.54 Å². The number of carbonyl (C=O) groups is 1. The molecule has 0 aromatic heterocycles. The largest absolute Gasteiger partial charge is 0.331 e. The highest BCUT2D eigenvalue weighted by Crippen LogP contribution is 2.19. The lowest BCUT2D eigenvalue weighted by atomic mass is 10.2. The van der Waals surface area contributed by atoms with E-state index in [0.717, 1.165) is 0 Å². The van der Waals surface area contributed by atoms with E-state index < -0.39 is 0 Å². The zero-order valence-corrected chi connectivity index (χ0v) is 9.64. The van der Waals surface area contributed by atoms with Crippen LogP contribution in [0.3, 0.4) is 0 Å². The van der Waals surface area contributed by atoms with Crippen LogP contribution in [0.25, 0.3) is 0 Å². The van der Waals surface area contributed by atoms with Crippen molar-refractivity contribution >= 4 is 29.1 Å². The third-order valence-corrected chi connectivity index (χ3v) is 2.22. The van der Waals surface area contributed by atoms with E-state index in [1.165, 1.54) is 4.90 Å². The molecule has 4 heteroatoms. The van der Waals surface area contributed by atoms with Gasteiger partial charge in [-0.25, -0.2) is 0 Å². The predicted molar refractivity (Wildman–Crippen MR) is 62.3 cm³/mol. The molecule has 0 N–H and O–H groups in total. The van der Waals surface area contributed by atoms with Crippen molar-refractivity contribution in [2.45, 2.75) is 0 Å². The van der Waals surface area contributed by atoms with E-state index in [1.807, 2.05) is 0 Å². The van der Waals surface area contributed by atoms with Gasteiger partial charge in [-0.15, -0.1) is 6.42 Å². The minimum atomic E-state index is -0.197. The molecule has 0 saturated carbocycles. The second-order valence-corrected chi connectivity index (χ2v) is 3.90. The van der Waals surface area contributed by atoms with Crippen LogP contribution in [0.2, 0.25) is 10.0 Å². The molecule has 0 saturated heterocycles. The molecule has 2 nitrogen and oxygen atoms in total. The number of benzene rings is 1. The van der Waals surface area contributed by atoms with Crippen molar-refractivity contribution in [1.82, 2.24) is 4.90 Å². The van der Waals surface area contributed by atoms with Gasteiger partial charge in [0.1, 0.15) is 0 Å². The van der Waals surface area contributed by atoms with Gasteiger partial charge in [0, 0.05) is 22.7 Å². The molecule has 0 heterocycles. The molecule has 0 aliphatic carbocycles. The monoisotopic (exact) mass is 241 g/mol. The van der Waals surface area contributed by atoms with Gasteiger partial charge in [-0.1, -0.05) is 29.1 Å². The van der Waals surface area contributed by atoms with E-state index >= 15 is 0 Å². The zero-order chi connectivity index (χ0) is 11.4. The normalized spacial score (nSPS) is 9.47. The van der Waals surface area contributed by atoms with E-state index in [-0.39, 0.29) is 12.5 Å². The lowest BCUT2D eigenvalue weighted by Crippen LogP contribution is -2.26. The van der Waals surface area contributed by atoms with Crippen molar-refractivity contribution in [3.8, 4) is 12.3 Å².